The molecule has 0 spiro atoms. The maximum absolute atomic E-state index is 12.2. The molecule has 0 atom stereocenters. The van der Waals surface area contributed by atoms with Gasteiger partial charge in [-0.3, -0.25) is 0 Å². The van der Waals surface area contributed by atoms with E-state index in [0.29, 0.717) is 10.8 Å². The largest absolute Gasteiger partial charge is 0.317 e. The zero-order valence-corrected chi connectivity index (χ0v) is 15.6. The van der Waals surface area contributed by atoms with Gasteiger partial charge in [0.15, 0.2) is 0 Å². The molecule has 0 unspecified atom stereocenters. The van der Waals surface area contributed by atoms with Crippen molar-refractivity contribution in [1.29, 1.82) is 0 Å². The Labute approximate surface area is 141 Å². The number of halogens is 1. The molecule has 116 valence electrons. The predicted molar refractivity (Wildman–Crippen MR) is 92.6 cm³/mol. The van der Waals surface area contributed by atoms with Gasteiger partial charge in [0.2, 0.25) is 10.0 Å². The Balaban J connectivity index is 1.95. The summed E-state index contributed by atoms with van der Waals surface area (Å²) in [4.78, 5) is 2.06. The zero-order valence-electron chi connectivity index (χ0n) is 11.6. The van der Waals surface area contributed by atoms with E-state index < -0.39 is 10.0 Å². The molecule has 2 aromatic heterocycles. The highest BCUT2D eigenvalue weighted by molar-refractivity contribution is 9.11. The minimum absolute atomic E-state index is 0.323. The highest BCUT2D eigenvalue weighted by atomic mass is 79.9. The standard InChI is InChI=1S/C13H17BrN2O2S3/c1-2-15-8-7-10-4-6-13(20-10)21(17,18)16-9-11-3-5-12(14)19-11/h3-6,15-16H,2,7-9H2,1H3. The third-order valence-corrected chi connectivity index (χ3v) is 7.43. The van der Waals surface area contributed by atoms with Crippen molar-refractivity contribution in [2.24, 2.45) is 0 Å². The van der Waals surface area contributed by atoms with Crippen LogP contribution in [0.2, 0.25) is 0 Å². The Bertz CT molecular complexity index is 679. The first-order chi connectivity index (χ1) is 10.0. The second kappa shape index (κ2) is 7.85. The van der Waals surface area contributed by atoms with Gasteiger partial charge in [0.1, 0.15) is 4.21 Å². The fourth-order valence-corrected chi connectivity index (χ4v) is 5.63. The maximum atomic E-state index is 12.2. The van der Waals surface area contributed by atoms with E-state index in [-0.39, 0.29) is 0 Å². The molecule has 0 radical (unpaired) electrons. The number of thiophene rings is 2. The first-order valence-corrected chi connectivity index (χ1v) is 10.5. The Hall–Kier alpha value is -0.250. The van der Waals surface area contributed by atoms with Gasteiger partial charge in [0.05, 0.1) is 3.79 Å². The normalized spacial score (nSPS) is 11.9. The van der Waals surface area contributed by atoms with Gasteiger partial charge in [-0.05, 0) is 59.7 Å². The Kier molecular flexibility index (Phi) is 6.39. The second-order valence-electron chi connectivity index (χ2n) is 4.35. The van der Waals surface area contributed by atoms with Crippen molar-refractivity contribution < 1.29 is 8.42 Å². The van der Waals surface area contributed by atoms with Crippen LogP contribution in [0.4, 0.5) is 0 Å². The molecule has 0 aliphatic carbocycles. The number of rotatable bonds is 8. The molecule has 0 bridgehead atoms. The average Bonchev–Trinajstić information content (AvgIpc) is 3.06. The van der Waals surface area contributed by atoms with Crippen LogP contribution in [0, 0.1) is 0 Å². The molecule has 2 aromatic rings. The highest BCUT2D eigenvalue weighted by Crippen LogP contribution is 2.24. The summed E-state index contributed by atoms with van der Waals surface area (Å²) in [6.07, 6.45) is 0.853. The van der Waals surface area contributed by atoms with E-state index in [1.165, 1.54) is 22.7 Å². The molecule has 2 heterocycles. The summed E-state index contributed by atoms with van der Waals surface area (Å²) in [5.74, 6) is 0. The van der Waals surface area contributed by atoms with Crippen LogP contribution in [0.15, 0.2) is 32.3 Å². The van der Waals surface area contributed by atoms with Gasteiger partial charge in [-0.25, -0.2) is 13.1 Å². The molecule has 21 heavy (non-hydrogen) atoms. The smallest absolute Gasteiger partial charge is 0.250 e. The second-order valence-corrected chi connectivity index (χ2v) is 10.1. The van der Waals surface area contributed by atoms with Gasteiger partial charge >= 0.3 is 0 Å². The minimum atomic E-state index is -3.42. The summed E-state index contributed by atoms with van der Waals surface area (Å²) >= 11 is 6.23. The Morgan fingerprint density at radius 1 is 1.14 bits per heavy atom. The lowest BCUT2D eigenvalue weighted by atomic mass is 10.3. The lowest BCUT2D eigenvalue weighted by Gasteiger charge is -2.03. The van der Waals surface area contributed by atoms with Crippen molar-refractivity contribution in [3.05, 3.63) is 37.8 Å². The van der Waals surface area contributed by atoms with Crippen LogP contribution in [0.3, 0.4) is 0 Å². The third kappa shape index (κ3) is 5.15. The van der Waals surface area contributed by atoms with Gasteiger partial charge in [0.25, 0.3) is 0 Å². The average molecular weight is 409 g/mol. The van der Waals surface area contributed by atoms with Crippen molar-refractivity contribution in [3.8, 4) is 0 Å². The maximum Gasteiger partial charge on any atom is 0.250 e. The molecule has 0 amide bonds. The third-order valence-electron chi connectivity index (χ3n) is 2.77. The predicted octanol–water partition coefficient (Wildman–Crippen LogP) is 3.20. The van der Waals surface area contributed by atoms with Gasteiger partial charge in [-0.2, -0.15) is 0 Å². The molecule has 2 rings (SSSR count). The molecule has 0 fully saturated rings. The molecule has 0 saturated carbocycles. The fraction of sp³-hybridized carbons (Fsp3) is 0.385. The van der Waals surface area contributed by atoms with E-state index in [9.17, 15) is 8.42 Å². The minimum Gasteiger partial charge on any atom is -0.317 e. The van der Waals surface area contributed by atoms with Gasteiger partial charge in [-0.1, -0.05) is 6.92 Å². The van der Waals surface area contributed by atoms with E-state index in [1.807, 2.05) is 18.2 Å². The van der Waals surface area contributed by atoms with Crippen LogP contribution in [0.1, 0.15) is 16.7 Å². The van der Waals surface area contributed by atoms with Crippen LogP contribution in [-0.4, -0.2) is 21.5 Å². The zero-order chi connectivity index (χ0) is 15.3. The molecule has 0 aromatic carbocycles. The molecule has 4 nitrogen and oxygen atoms in total. The van der Waals surface area contributed by atoms with Crippen LogP contribution < -0.4 is 10.0 Å². The molecular weight excluding hydrogens is 392 g/mol. The number of sulfonamides is 1. The van der Waals surface area contributed by atoms with Gasteiger partial charge < -0.3 is 5.32 Å². The highest BCUT2D eigenvalue weighted by Gasteiger charge is 2.16. The number of nitrogens with one attached hydrogen (secondary N) is 2. The summed E-state index contributed by atoms with van der Waals surface area (Å²) in [5.41, 5.74) is 0. The van der Waals surface area contributed by atoms with Crippen LogP contribution in [0.5, 0.6) is 0 Å². The monoisotopic (exact) mass is 408 g/mol. The summed E-state index contributed by atoms with van der Waals surface area (Å²) in [7, 11) is -3.42. The first-order valence-electron chi connectivity index (χ1n) is 6.54. The van der Waals surface area contributed by atoms with Crippen molar-refractivity contribution in [2.75, 3.05) is 13.1 Å². The first kappa shape index (κ1) is 17.1. The molecule has 2 N–H and O–H groups in total. The summed E-state index contributed by atoms with van der Waals surface area (Å²) < 4.78 is 28.5. The van der Waals surface area contributed by atoms with E-state index in [0.717, 1.165) is 33.1 Å². The molecule has 0 aliphatic rings. The Morgan fingerprint density at radius 2 is 1.90 bits per heavy atom. The van der Waals surface area contributed by atoms with Gasteiger partial charge in [-0.15, -0.1) is 22.7 Å². The van der Waals surface area contributed by atoms with Crippen molar-refractivity contribution in [2.45, 2.75) is 24.1 Å². The number of likely N-dealkylation sites (N-methyl/N-ethyl adjacent to an activating group) is 1. The summed E-state index contributed by atoms with van der Waals surface area (Å²) in [6, 6.07) is 7.39. The van der Waals surface area contributed by atoms with Crippen LogP contribution >= 0.6 is 38.6 Å². The van der Waals surface area contributed by atoms with Crippen LogP contribution in [-0.2, 0) is 23.0 Å². The molecular formula is C13H17BrN2O2S3. The lowest BCUT2D eigenvalue weighted by molar-refractivity contribution is 0.584. The molecule has 8 heteroatoms. The summed E-state index contributed by atoms with van der Waals surface area (Å²) in [6.45, 7) is 4.17. The van der Waals surface area contributed by atoms with E-state index >= 15 is 0 Å². The van der Waals surface area contributed by atoms with Crippen molar-refractivity contribution in [3.63, 3.8) is 0 Å². The van der Waals surface area contributed by atoms with E-state index in [1.54, 1.807) is 6.07 Å². The topological polar surface area (TPSA) is 58.2 Å². The number of hydrogen-bond acceptors (Lipinski definition) is 5. The fourth-order valence-electron chi connectivity index (χ4n) is 1.71. The van der Waals surface area contributed by atoms with E-state index in [2.05, 4.69) is 32.9 Å². The quantitative estimate of drug-likeness (QED) is 0.659. The molecule has 0 saturated heterocycles. The molecule has 0 aliphatic heterocycles. The van der Waals surface area contributed by atoms with Crippen molar-refractivity contribution >= 4 is 48.6 Å². The van der Waals surface area contributed by atoms with Gasteiger partial charge in [0, 0.05) is 16.3 Å². The Morgan fingerprint density at radius 3 is 2.57 bits per heavy atom. The summed E-state index contributed by atoms with van der Waals surface area (Å²) in [5, 5.41) is 3.23. The van der Waals surface area contributed by atoms with E-state index in [4.69, 9.17) is 0 Å². The number of hydrogen-bond donors (Lipinski definition) is 2. The lowest BCUT2D eigenvalue weighted by Crippen LogP contribution is -2.21. The van der Waals surface area contributed by atoms with Crippen LogP contribution in [0.25, 0.3) is 0 Å². The van der Waals surface area contributed by atoms with Crippen molar-refractivity contribution in [1.82, 2.24) is 10.0 Å². The SMILES string of the molecule is CCNCCc1ccc(S(=O)(=O)NCc2ccc(Br)s2)s1.